The Bertz CT molecular complexity index is 489. The minimum atomic E-state index is -0.395. The molecule has 0 radical (unpaired) electrons. The van der Waals surface area contributed by atoms with Gasteiger partial charge in [0.2, 0.25) is 0 Å². The minimum Gasteiger partial charge on any atom is -0.409 e. The number of oxime groups is 1. The quantitative estimate of drug-likeness (QED) is 0.323. The molecule has 1 aliphatic carbocycles. The van der Waals surface area contributed by atoms with Crippen molar-refractivity contribution in [2.75, 3.05) is 12.8 Å². The molecule has 1 fully saturated rings. The molecule has 1 aliphatic rings. The molecule has 4 nitrogen and oxygen atoms in total. The highest BCUT2D eigenvalue weighted by atomic mass is 32.2. The van der Waals surface area contributed by atoms with Gasteiger partial charge < -0.3 is 16.3 Å². The van der Waals surface area contributed by atoms with E-state index < -0.39 is 5.82 Å². The molecule has 19 heavy (non-hydrogen) atoms. The first-order valence-corrected chi connectivity index (χ1v) is 7.35. The predicted molar refractivity (Wildman–Crippen MR) is 76.1 cm³/mol. The van der Waals surface area contributed by atoms with Crippen LogP contribution in [0.1, 0.15) is 24.0 Å². The fourth-order valence-electron chi connectivity index (χ4n) is 2.01. The molecule has 104 valence electrons. The molecule has 4 N–H and O–H groups in total. The molecule has 0 saturated heterocycles. The van der Waals surface area contributed by atoms with Crippen LogP contribution in [0.4, 0.5) is 4.39 Å². The monoisotopic (exact) mass is 283 g/mol. The van der Waals surface area contributed by atoms with Crippen LogP contribution in [0.5, 0.6) is 0 Å². The number of halogens is 1. The normalized spacial score (nSPS) is 17.5. The second kappa shape index (κ2) is 5.79. The van der Waals surface area contributed by atoms with Crippen LogP contribution in [0.3, 0.4) is 0 Å². The van der Waals surface area contributed by atoms with Crippen LogP contribution in [-0.2, 0) is 6.54 Å². The summed E-state index contributed by atoms with van der Waals surface area (Å²) in [4.78, 5) is 0. The zero-order valence-electron chi connectivity index (χ0n) is 10.8. The second-order valence-electron chi connectivity index (χ2n) is 4.78. The molecule has 0 heterocycles. The fraction of sp³-hybridized carbons (Fsp3) is 0.462. The number of hydrogen-bond donors (Lipinski definition) is 3. The smallest absolute Gasteiger partial charge is 0.170 e. The van der Waals surface area contributed by atoms with Gasteiger partial charge in [-0.05, 0) is 36.8 Å². The Labute approximate surface area is 116 Å². The lowest BCUT2D eigenvalue weighted by atomic mass is 10.1. The van der Waals surface area contributed by atoms with Gasteiger partial charge >= 0.3 is 0 Å². The third-order valence-electron chi connectivity index (χ3n) is 3.46. The van der Waals surface area contributed by atoms with E-state index in [4.69, 9.17) is 10.9 Å². The van der Waals surface area contributed by atoms with E-state index in [0.717, 1.165) is 12.1 Å². The average molecular weight is 283 g/mol. The van der Waals surface area contributed by atoms with Crippen molar-refractivity contribution >= 4 is 17.6 Å². The highest BCUT2D eigenvalue weighted by Crippen LogP contribution is 2.46. The van der Waals surface area contributed by atoms with Crippen LogP contribution in [-0.4, -0.2) is 28.6 Å². The number of benzene rings is 1. The molecule has 1 aromatic rings. The standard InChI is InChI=1S/C13H18FN3OS/c1-19-13(4-5-13)8-16-7-9-2-3-10(14)6-11(9)12(15)17-18/h2-3,6,16,18H,4-5,7-8H2,1H3,(H2,15,17). The number of amidine groups is 1. The predicted octanol–water partition coefficient (Wildman–Crippen LogP) is 1.91. The average Bonchev–Trinajstić information content (AvgIpc) is 3.20. The molecule has 0 unspecified atom stereocenters. The van der Waals surface area contributed by atoms with E-state index in [0.29, 0.717) is 16.9 Å². The Morgan fingerprint density at radius 2 is 2.32 bits per heavy atom. The van der Waals surface area contributed by atoms with Crippen LogP contribution in [0.15, 0.2) is 23.4 Å². The van der Waals surface area contributed by atoms with Gasteiger partial charge in [-0.2, -0.15) is 11.8 Å². The van der Waals surface area contributed by atoms with Gasteiger partial charge in [0.25, 0.3) is 0 Å². The number of rotatable bonds is 6. The summed E-state index contributed by atoms with van der Waals surface area (Å²) in [5.41, 5.74) is 6.82. The molecule has 1 saturated carbocycles. The molecular formula is C13H18FN3OS. The Morgan fingerprint density at radius 1 is 1.58 bits per heavy atom. The van der Waals surface area contributed by atoms with E-state index in [1.165, 1.54) is 25.0 Å². The van der Waals surface area contributed by atoms with E-state index in [-0.39, 0.29) is 5.84 Å². The molecule has 0 spiro atoms. The summed E-state index contributed by atoms with van der Waals surface area (Å²) in [5.74, 6) is -0.463. The summed E-state index contributed by atoms with van der Waals surface area (Å²) in [5, 5.41) is 15.0. The van der Waals surface area contributed by atoms with Gasteiger partial charge in [-0.3, -0.25) is 0 Å². The van der Waals surface area contributed by atoms with Gasteiger partial charge in [-0.25, -0.2) is 4.39 Å². The molecule has 1 aromatic carbocycles. The van der Waals surface area contributed by atoms with Crippen molar-refractivity contribution in [3.05, 3.63) is 35.1 Å². The van der Waals surface area contributed by atoms with Crippen LogP contribution in [0, 0.1) is 5.82 Å². The van der Waals surface area contributed by atoms with Crippen LogP contribution >= 0.6 is 11.8 Å². The molecular weight excluding hydrogens is 265 g/mol. The summed E-state index contributed by atoms with van der Waals surface area (Å²) < 4.78 is 13.6. The maximum absolute atomic E-state index is 13.2. The summed E-state index contributed by atoms with van der Waals surface area (Å²) in [6, 6.07) is 4.33. The third kappa shape index (κ3) is 3.39. The van der Waals surface area contributed by atoms with Crippen LogP contribution in [0.25, 0.3) is 0 Å². The lowest BCUT2D eigenvalue weighted by Gasteiger charge is -2.14. The Balaban J connectivity index is 2.03. The van der Waals surface area contributed by atoms with Crippen molar-refractivity contribution in [2.45, 2.75) is 24.1 Å². The summed E-state index contributed by atoms with van der Waals surface area (Å²) in [7, 11) is 0. The van der Waals surface area contributed by atoms with Gasteiger partial charge in [0.05, 0.1) is 0 Å². The summed E-state index contributed by atoms with van der Waals surface area (Å²) >= 11 is 1.88. The van der Waals surface area contributed by atoms with E-state index in [1.807, 2.05) is 11.8 Å². The number of thioether (sulfide) groups is 1. The summed E-state index contributed by atoms with van der Waals surface area (Å²) in [6.07, 6.45) is 4.59. The maximum atomic E-state index is 13.2. The zero-order chi connectivity index (χ0) is 13.9. The number of nitrogens with two attached hydrogens (primary N) is 1. The van der Waals surface area contributed by atoms with Gasteiger partial charge in [-0.15, -0.1) is 0 Å². The van der Waals surface area contributed by atoms with Gasteiger partial charge in [0.15, 0.2) is 5.84 Å². The lowest BCUT2D eigenvalue weighted by Crippen LogP contribution is -2.27. The zero-order valence-corrected chi connectivity index (χ0v) is 11.6. The third-order valence-corrected chi connectivity index (χ3v) is 4.88. The van der Waals surface area contributed by atoms with Crippen molar-refractivity contribution in [3.63, 3.8) is 0 Å². The molecule has 6 heteroatoms. The highest BCUT2D eigenvalue weighted by Gasteiger charge is 2.41. The Morgan fingerprint density at radius 3 is 2.89 bits per heavy atom. The fourth-order valence-corrected chi connectivity index (χ4v) is 2.77. The van der Waals surface area contributed by atoms with Crippen LogP contribution in [0.2, 0.25) is 0 Å². The molecule has 0 aromatic heterocycles. The van der Waals surface area contributed by atoms with Crippen molar-refractivity contribution in [1.82, 2.24) is 5.32 Å². The number of nitrogens with one attached hydrogen (secondary N) is 1. The first-order valence-electron chi connectivity index (χ1n) is 6.12. The molecule has 0 aliphatic heterocycles. The van der Waals surface area contributed by atoms with E-state index in [2.05, 4.69) is 16.7 Å². The van der Waals surface area contributed by atoms with E-state index >= 15 is 0 Å². The Hall–Kier alpha value is -1.27. The SMILES string of the molecule is CSC1(CNCc2ccc(F)cc2/C(N)=N/O)CC1. The molecule has 0 bridgehead atoms. The van der Waals surface area contributed by atoms with Gasteiger partial charge in [-0.1, -0.05) is 11.2 Å². The maximum Gasteiger partial charge on any atom is 0.170 e. The lowest BCUT2D eigenvalue weighted by molar-refractivity contribution is 0.318. The minimum absolute atomic E-state index is 0.0673. The van der Waals surface area contributed by atoms with Gasteiger partial charge in [0, 0.05) is 23.4 Å². The van der Waals surface area contributed by atoms with Crippen molar-refractivity contribution in [2.24, 2.45) is 10.9 Å². The largest absolute Gasteiger partial charge is 0.409 e. The first kappa shape index (κ1) is 14.1. The van der Waals surface area contributed by atoms with Gasteiger partial charge in [0.1, 0.15) is 5.82 Å². The van der Waals surface area contributed by atoms with Crippen molar-refractivity contribution in [3.8, 4) is 0 Å². The van der Waals surface area contributed by atoms with Crippen LogP contribution < -0.4 is 11.1 Å². The van der Waals surface area contributed by atoms with E-state index in [1.54, 1.807) is 6.07 Å². The molecule has 0 amide bonds. The van der Waals surface area contributed by atoms with E-state index in [9.17, 15) is 4.39 Å². The Kier molecular flexibility index (Phi) is 4.31. The highest BCUT2D eigenvalue weighted by molar-refractivity contribution is 8.00. The second-order valence-corrected chi connectivity index (χ2v) is 6.05. The van der Waals surface area contributed by atoms with Crippen molar-refractivity contribution < 1.29 is 9.60 Å². The number of hydrogen-bond acceptors (Lipinski definition) is 4. The first-order chi connectivity index (χ1) is 9.10. The number of nitrogens with zero attached hydrogens (tertiary/aromatic N) is 1. The topological polar surface area (TPSA) is 70.6 Å². The molecule has 0 atom stereocenters. The molecule has 2 rings (SSSR count). The van der Waals surface area contributed by atoms with Crippen molar-refractivity contribution in [1.29, 1.82) is 0 Å². The summed E-state index contributed by atoms with van der Waals surface area (Å²) in [6.45, 7) is 1.50.